The highest BCUT2D eigenvalue weighted by Crippen LogP contribution is 2.37. The third-order valence-corrected chi connectivity index (χ3v) is 5.24. The lowest BCUT2D eigenvalue weighted by Crippen LogP contribution is -2.38. The normalized spacial score (nSPS) is 25.8. The second kappa shape index (κ2) is 7.77. The zero-order valence-corrected chi connectivity index (χ0v) is 13.9. The zero-order valence-electron chi connectivity index (χ0n) is 13.9. The van der Waals surface area contributed by atoms with Crippen molar-refractivity contribution in [3.63, 3.8) is 0 Å². The molecule has 5 heteroatoms. The third kappa shape index (κ3) is 4.88. The van der Waals surface area contributed by atoms with Crippen LogP contribution in [0.25, 0.3) is 0 Å². The molecule has 1 N–H and O–H groups in total. The number of hydrogen-bond donors (Lipinski definition) is 1. The second-order valence-electron chi connectivity index (χ2n) is 7.15. The molecule has 134 valence electrons. The smallest absolute Gasteiger partial charge is 0.391 e. The summed E-state index contributed by atoms with van der Waals surface area (Å²) in [4.78, 5) is 0. The fourth-order valence-corrected chi connectivity index (χ4v) is 3.86. The Hall–Kier alpha value is -1.23. The van der Waals surface area contributed by atoms with Gasteiger partial charge < -0.3 is 10.1 Å². The Bertz CT molecular complexity index is 526. The molecular formula is C19H26F3NO. The van der Waals surface area contributed by atoms with Crippen molar-refractivity contribution in [1.82, 2.24) is 5.32 Å². The van der Waals surface area contributed by atoms with Gasteiger partial charge in [-0.3, -0.25) is 0 Å². The Labute approximate surface area is 141 Å². The van der Waals surface area contributed by atoms with Gasteiger partial charge >= 0.3 is 6.18 Å². The van der Waals surface area contributed by atoms with Gasteiger partial charge in [-0.25, -0.2) is 0 Å². The summed E-state index contributed by atoms with van der Waals surface area (Å²) >= 11 is 0. The van der Waals surface area contributed by atoms with Crippen molar-refractivity contribution in [2.75, 3.05) is 0 Å². The number of hydrogen-bond acceptors (Lipinski definition) is 2. The maximum absolute atomic E-state index is 12.9. The molecule has 0 aliphatic heterocycles. The first-order chi connectivity index (χ1) is 11.5. The van der Waals surface area contributed by atoms with E-state index in [4.69, 9.17) is 4.74 Å². The fraction of sp³-hybridized carbons (Fsp3) is 0.684. The van der Waals surface area contributed by atoms with Crippen LogP contribution >= 0.6 is 0 Å². The largest absolute Gasteiger partial charge is 0.490 e. The van der Waals surface area contributed by atoms with E-state index in [1.54, 1.807) is 0 Å². The maximum Gasteiger partial charge on any atom is 0.391 e. The molecule has 2 nitrogen and oxygen atoms in total. The van der Waals surface area contributed by atoms with Gasteiger partial charge in [0.05, 0.1) is 12.0 Å². The van der Waals surface area contributed by atoms with E-state index < -0.39 is 12.1 Å². The minimum Gasteiger partial charge on any atom is -0.490 e. The summed E-state index contributed by atoms with van der Waals surface area (Å²) in [5, 5.41) is 3.31. The number of ether oxygens (including phenoxy) is 1. The molecule has 0 radical (unpaired) electrons. The molecule has 0 saturated heterocycles. The number of alkyl halides is 3. The van der Waals surface area contributed by atoms with E-state index in [-0.39, 0.29) is 18.9 Å². The minimum absolute atomic E-state index is 0.0511. The molecule has 1 aromatic rings. The third-order valence-electron chi connectivity index (χ3n) is 5.24. The van der Waals surface area contributed by atoms with Gasteiger partial charge in [-0.2, -0.15) is 13.2 Å². The maximum atomic E-state index is 12.9. The summed E-state index contributed by atoms with van der Waals surface area (Å²) in [5.41, 5.74) is 1.07. The predicted octanol–water partition coefficient (Wildman–Crippen LogP) is 5.22. The first-order valence-corrected chi connectivity index (χ1v) is 9.06. The fourth-order valence-electron chi connectivity index (χ4n) is 3.86. The molecule has 24 heavy (non-hydrogen) atoms. The molecule has 0 spiro atoms. The van der Waals surface area contributed by atoms with Crippen LogP contribution in [0.3, 0.4) is 0 Å². The Morgan fingerprint density at radius 3 is 2.58 bits per heavy atom. The van der Waals surface area contributed by atoms with Gasteiger partial charge in [0.2, 0.25) is 0 Å². The lowest BCUT2D eigenvalue weighted by molar-refractivity contribution is -0.183. The highest BCUT2D eigenvalue weighted by atomic mass is 19.4. The van der Waals surface area contributed by atoms with Crippen molar-refractivity contribution in [2.45, 2.75) is 76.2 Å². The van der Waals surface area contributed by atoms with Crippen LogP contribution < -0.4 is 10.1 Å². The number of benzene rings is 1. The monoisotopic (exact) mass is 341 g/mol. The van der Waals surface area contributed by atoms with Crippen LogP contribution in [0.5, 0.6) is 5.75 Å². The van der Waals surface area contributed by atoms with Crippen LogP contribution in [0.4, 0.5) is 13.2 Å². The van der Waals surface area contributed by atoms with Gasteiger partial charge in [0.1, 0.15) is 5.75 Å². The molecule has 2 saturated carbocycles. The van der Waals surface area contributed by atoms with E-state index in [0.29, 0.717) is 19.1 Å². The van der Waals surface area contributed by atoms with E-state index in [1.807, 2.05) is 24.3 Å². The van der Waals surface area contributed by atoms with Crippen molar-refractivity contribution < 1.29 is 17.9 Å². The predicted molar refractivity (Wildman–Crippen MR) is 88.0 cm³/mol. The van der Waals surface area contributed by atoms with Crippen LogP contribution in [-0.2, 0) is 6.54 Å². The van der Waals surface area contributed by atoms with Gasteiger partial charge in [-0.05, 0) is 62.6 Å². The molecule has 3 rings (SSSR count). The minimum atomic E-state index is -4.06. The molecule has 2 fully saturated rings. The molecule has 2 aliphatic carbocycles. The topological polar surface area (TPSA) is 21.3 Å². The van der Waals surface area contributed by atoms with E-state index in [2.05, 4.69) is 5.32 Å². The van der Waals surface area contributed by atoms with Gasteiger partial charge in [-0.1, -0.05) is 18.6 Å². The summed E-state index contributed by atoms with van der Waals surface area (Å²) in [7, 11) is 0. The summed E-state index contributed by atoms with van der Waals surface area (Å²) < 4.78 is 44.6. The quantitative estimate of drug-likeness (QED) is 0.793. The van der Waals surface area contributed by atoms with Crippen LogP contribution in [0.15, 0.2) is 24.3 Å². The van der Waals surface area contributed by atoms with Gasteiger partial charge in [0.25, 0.3) is 0 Å². The van der Waals surface area contributed by atoms with E-state index in [1.165, 1.54) is 12.8 Å². The lowest BCUT2D eigenvalue weighted by Gasteiger charge is -2.31. The number of halogens is 3. The molecule has 1 aromatic carbocycles. The number of rotatable bonds is 5. The lowest BCUT2D eigenvalue weighted by atomic mass is 9.85. The van der Waals surface area contributed by atoms with Gasteiger partial charge in [-0.15, -0.1) is 0 Å². The Kier molecular flexibility index (Phi) is 5.69. The highest BCUT2D eigenvalue weighted by Gasteiger charge is 2.41. The molecule has 0 heterocycles. The highest BCUT2D eigenvalue weighted by molar-refractivity contribution is 5.28. The first kappa shape index (κ1) is 17.6. The van der Waals surface area contributed by atoms with Crippen molar-refractivity contribution in [2.24, 2.45) is 5.92 Å². The standard InChI is InChI=1S/C19H26F3NO/c20-19(21,22)15-6-4-7-16(12-15)23-13-14-5-3-10-18(11-14)24-17-8-1-2-9-17/h3,5,10-11,15-17,23H,1-2,4,6-9,12-13H2/t15-,16+/m1/s1. The molecule has 2 aliphatic rings. The molecule has 0 unspecified atom stereocenters. The Balaban J connectivity index is 1.50. The van der Waals surface area contributed by atoms with Crippen molar-refractivity contribution in [3.05, 3.63) is 29.8 Å². The van der Waals surface area contributed by atoms with Crippen molar-refractivity contribution in [1.29, 1.82) is 0 Å². The van der Waals surface area contributed by atoms with Crippen molar-refractivity contribution >= 4 is 0 Å². The summed E-state index contributed by atoms with van der Waals surface area (Å²) in [6.07, 6.45) is 2.88. The molecule has 0 bridgehead atoms. The molecule has 2 atom stereocenters. The van der Waals surface area contributed by atoms with Crippen LogP contribution in [-0.4, -0.2) is 18.3 Å². The summed E-state index contributed by atoms with van der Waals surface area (Å²) in [6.45, 7) is 0.594. The van der Waals surface area contributed by atoms with Crippen LogP contribution in [0.1, 0.15) is 56.9 Å². The second-order valence-corrected chi connectivity index (χ2v) is 7.15. The first-order valence-electron chi connectivity index (χ1n) is 9.06. The van der Waals surface area contributed by atoms with Gasteiger partial charge in [0, 0.05) is 12.6 Å². The molecule has 0 amide bonds. The van der Waals surface area contributed by atoms with Crippen molar-refractivity contribution in [3.8, 4) is 5.75 Å². The van der Waals surface area contributed by atoms with E-state index >= 15 is 0 Å². The average Bonchev–Trinajstić information content (AvgIpc) is 3.06. The number of nitrogens with one attached hydrogen (secondary N) is 1. The van der Waals surface area contributed by atoms with Crippen LogP contribution in [0, 0.1) is 5.92 Å². The van der Waals surface area contributed by atoms with Crippen LogP contribution in [0.2, 0.25) is 0 Å². The molecule has 0 aromatic heterocycles. The SMILES string of the molecule is FC(F)(F)[C@@H]1CCC[C@H](NCc2cccc(OC3CCCC3)c2)C1. The summed E-state index contributed by atoms with van der Waals surface area (Å²) in [6, 6.07) is 7.88. The Morgan fingerprint density at radius 1 is 1.04 bits per heavy atom. The average molecular weight is 341 g/mol. The summed E-state index contributed by atoms with van der Waals surface area (Å²) in [5.74, 6) is -0.279. The zero-order chi connectivity index (χ0) is 17.0. The van der Waals surface area contributed by atoms with Gasteiger partial charge in [0.15, 0.2) is 0 Å². The van der Waals surface area contributed by atoms with E-state index in [9.17, 15) is 13.2 Å². The Morgan fingerprint density at radius 2 is 1.83 bits per heavy atom. The molecular weight excluding hydrogens is 315 g/mol. The van der Waals surface area contributed by atoms with E-state index in [0.717, 1.165) is 30.6 Å².